The first kappa shape index (κ1) is 24.1. The van der Waals surface area contributed by atoms with E-state index in [1.54, 1.807) is 17.7 Å². The number of piperidine rings is 2. The highest BCUT2D eigenvalue weighted by Gasteiger charge is 2.28. The number of aryl methyl sites for hydroxylation is 1. The molecule has 186 valence electrons. The Morgan fingerprint density at radius 3 is 2.71 bits per heavy atom. The molecule has 1 aromatic carbocycles. The van der Waals surface area contributed by atoms with Gasteiger partial charge >= 0.3 is 0 Å². The van der Waals surface area contributed by atoms with Crippen LogP contribution in [0.25, 0.3) is 10.2 Å². The van der Waals surface area contributed by atoms with Gasteiger partial charge in [0.15, 0.2) is 0 Å². The van der Waals surface area contributed by atoms with Crippen molar-refractivity contribution in [2.75, 3.05) is 37.6 Å². The summed E-state index contributed by atoms with van der Waals surface area (Å²) in [7, 11) is 0. The van der Waals surface area contributed by atoms with E-state index in [0.717, 1.165) is 86.4 Å². The van der Waals surface area contributed by atoms with Crippen LogP contribution >= 0.6 is 11.3 Å². The van der Waals surface area contributed by atoms with Crippen LogP contribution in [0.2, 0.25) is 0 Å². The summed E-state index contributed by atoms with van der Waals surface area (Å²) in [5.41, 5.74) is 1.15. The Labute approximate surface area is 210 Å². The molecule has 2 saturated heterocycles. The fourth-order valence-corrected chi connectivity index (χ4v) is 6.22. The van der Waals surface area contributed by atoms with E-state index in [9.17, 15) is 9.18 Å². The molecule has 2 aliphatic heterocycles. The minimum Gasteiger partial charge on any atom is -0.356 e. The van der Waals surface area contributed by atoms with Crippen LogP contribution in [-0.4, -0.2) is 53.5 Å². The Kier molecular flexibility index (Phi) is 7.58. The molecule has 1 unspecified atom stereocenters. The first-order valence-corrected chi connectivity index (χ1v) is 13.6. The lowest BCUT2D eigenvalue weighted by Gasteiger charge is -2.34. The zero-order valence-electron chi connectivity index (χ0n) is 20.4. The fraction of sp³-hybridized carbons (Fsp3) is 0.519. The number of fused-ring (bicyclic) bond motifs is 1. The highest BCUT2D eigenvalue weighted by atomic mass is 32.1. The Balaban J connectivity index is 1.11. The number of amides is 1. The van der Waals surface area contributed by atoms with Crippen LogP contribution in [0.1, 0.15) is 43.0 Å². The molecule has 0 spiro atoms. The molecule has 35 heavy (non-hydrogen) atoms. The zero-order chi connectivity index (χ0) is 24.2. The molecule has 5 rings (SSSR count). The van der Waals surface area contributed by atoms with Gasteiger partial charge in [-0.3, -0.25) is 9.69 Å². The molecule has 0 saturated carbocycles. The third-order valence-electron chi connectivity index (χ3n) is 7.39. The van der Waals surface area contributed by atoms with Crippen molar-refractivity contribution in [3.63, 3.8) is 0 Å². The largest absolute Gasteiger partial charge is 0.356 e. The van der Waals surface area contributed by atoms with E-state index >= 15 is 0 Å². The van der Waals surface area contributed by atoms with Crippen LogP contribution in [0, 0.1) is 17.7 Å². The number of nitrogens with zero attached hydrogens (tertiary/aromatic N) is 4. The monoisotopic (exact) mass is 495 g/mol. The molecule has 6 nitrogen and oxygen atoms in total. The van der Waals surface area contributed by atoms with E-state index in [1.165, 1.54) is 17.0 Å². The maximum Gasteiger partial charge on any atom is 0.224 e. The summed E-state index contributed by atoms with van der Waals surface area (Å²) in [4.78, 5) is 29.2. The number of anilines is 1. The molecular weight excluding hydrogens is 461 g/mol. The molecule has 2 fully saturated rings. The number of benzene rings is 1. The molecular formula is C27H34FN5OS. The third kappa shape index (κ3) is 5.81. The van der Waals surface area contributed by atoms with Gasteiger partial charge in [0, 0.05) is 31.1 Å². The number of hydrogen-bond donors (Lipinski definition) is 1. The molecule has 2 aliphatic rings. The van der Waals surface area contributed by atoms with Crippen molar-refractivity contribution in [3.05, 3.63) is 52.9 Å². The minimum absolute atomic E-state index is 0.00314. The highest BCUT2D eigenvalue weighted by Crippen LogP contribution is 2.32. The van der Waals surface area contributed by atoms with Gasteiger partial charge in [0.2, 0.25) is 5.91 Å². The van der Waals surface area contributed by atoms with Gasteiger partial charge in [0.25, 0.3) is 0 Å². The van der Waals surface area contributed by atoms with Crippen molar-refractivity contribution in [2.45, 2.75) is 45.6 Å². The summed E-state index contributed by atoms with van der Waals surface area (Å²) in [5.74, 6) is 1.47. The quantitative estimate of drug-likeness (QED) is 0.518. The van der Waals surface area contributed by atoms with Crippen molar-refractivity contribution >= 4 is 33.3 Å². The van der Waals surface area contributed by atoms with Crippen LogP contribution < -0.4 is 10.2 Å². The van der Waals surface area contributed by atoms with Crippen LogP contribution in [0.15, 0.2) is 36.7 Å². The van der Waals surface area contributed by atoms with Gasteiger partial charge in [0.1, 0.15) is 22.8 Å². The molecule has 2 aromatic heterocycles. The number of thiophene rings is 1. The number of carbonyl (C=O) groups is 1. The van der Waals surface area contributed by atoms with Crippen molar-refractivity contribution in [1.29, 1.82) is 0 Å². The van der Waals surface area contributed by atoms with Gasteiger partial charge in [-0.1, -0.05) is 19.1 Å². The molecule has 0 aliphatic carbocycles. The number of carbonyl (C=O) groups excluding carboxylic acids is 1. The average Bonchev–Trinajstić information content (AvgIpc) is 3.33. The van der Waals surface area contributed by atoms with Crippen LogP contribution in [-0.2, 0) is 17.8 Å². The van der Waals surface area contributed by atoms with E-state index in [4.69, 9.17) is 0 Å². The Bertz CT molecular complexity index is 1140. The first-order chi connectivity index (χ1) is 17.1. The van der Waals surface area contributed by atoms with Crippen molar-refractivity contribution in [1.82, 2.24) is 20.2 Å². The molecule has 1 amide bonds. The number of hydrogen-bond acceptors (Lipinski definition) is 6. The lowest BCUT2D eigenvalue weighted by Crippen LogP contribution is -2.45. The molecule has 0 bridgehead atoms. The summed E-state index contributed by atoms with van der Waals surface area (Å²) in [6, 6.07) is 8.99. The number of nitrogens with one attached hydrogen (secondary N) is 1. The second-order valence-corrected chi connectivity index (χ2v) is 11.0. The maximum absolute atomic E-state index is 13.1. The SMILES string of the molecule is CCc1cc2c(N3CCCC(C(=O)NCC4CCN(Cc5ccc(F)cc5)CC4)C3)ncnc2s1. The van der Waals surface area contributed by atoms with Gasteiger partial charge in [-0.05, 0) is 74.9 Å². The van der Waals surface area contributed by atoms with Gasteiger partial charge < -0.3 is 10.2 Å². The number of halogens is 1. The van der Waals surface area contributed by atoms with E-state index in [2.05, 4.69) is 38.1 Å². The van der Waals surface area contributed by atoms with Crippen LogP contribution in [0.4, 0.5) is 10.2 Å². The Hall–Kier alpha value is -2.58. The molecule has 1 N–H and O–H groups in total. The summed E-state index contributed by atoms with van der Waals surface area (Å²) < 4.78 is 13.1. The summed E-state index contributed by atoms with van der Waals surface area (Å²) in [6.07, 6.45) is 6.73. The fourth-order valence-electron chi connectivity index (χ4n) is 5.29. The number of likely N-dealkylation sites (tertiary alicyclic amines) is 1. The first-order valence-electron chi connectivity index (χ1n) is 12.8. The van der Waals surface area contributed by atoms with E-state index in [-0.39, 0.29) is 17.6 Å². The van der Waals surface area contributed by atoms with E-state index in [0.29, 0.717) is 12.5 Å². The molecule has 4 heterocycles. The minimum atomic E-state index is -0.188. The topological polar surface area (TPSA) is 61.4 Å². The van der Waals surface area contributed by atoms with Gasteiger partial charge in [-0.25, -0.2) is 14.4 Å². The lowest BCUT2D eigenvalue weighted by molar-refractivity contribution is -0.125. The summed E-state index contributed by atoms with van der Waals surface area (Å²) in [5, 5.41) is 4.37. The predicted octanol–water partition coefficient (Wildman–Crippen LogP) is 4.64. The molecule has 0 radical (unpaired) electrons. The normalized spacial score (nSPS) is 19.8. The van der Waals surface area contributed by atoms with E-state index in [1.807, 2.05) is 12.1 Å². The van der Waals surface area contributed by atoms with Gasteiger partial charge in [-0.2, -0.15) is 0 Å². The number of aromatic nitrogens is 2. The Morgan fingerprint density at radius 1 is 1.14 bits per heavy atom. The third-order valence-corrected chi connectivity index (χ3v) is 8.58. The average molecular weight is 496 g/mol. The molecule has 1 atom stereocenters. The Morgan fingerprint density at radius 2 is 1.94 bits per heavy atom. The van der Waals surface area contributed by atoms with Crippen LogP contribution in [0.5, 0.6) is 0 Å². The van der Waals surface area contributed by atoms with Crippen molar-refractivity contribution in [2.24, 2.45) is 11.8 Å². The zero-order valence-corrected chi connectivity index (χ0v) is 21.2. The van der Waals surface area contributed by atoms with Crippen molar-refractivity contribution in [3.8, 4) is 0 Å². The van der Waals surface area contributed by atoms with E-state index < -0.39 is 0 Å². The predicted molar refractivity (Wildman–Crippen MR) is 139 cm³/mol. The second-order valence-electron chi connectivity index (χ2n) is 9.86. The van der Waals surface area contributed by atoms with Crippen molar-refractivity contribution < 1.29 is 9.18 Å². The van der Waals surface area contributed by atoms with Gasteiger partial charge in [-0.15, -0.1) is 11.3 Å². The standard InChI is InChI=1S/C27H34FN5OS/c1-2-23-14-24-25(30-18-31-27(24)35-23)33-11-3-4-21(17-33)26(34)29-15-19-9-12-32(13-10-19)16-20-5-7-22(28)8-6-20/h5-8,14,18-19,21H,2-4,9-13,15-17H2,1H3,(H,29,34). The summed E-state index contributed by atoms with van der Waals surface area (Å²) >= 11 is 1.73. The maximum atomic E-state index is 13.1. The number of rotatable bonds is 7. The summed E-state index contributed by atoms with van der Waals surface area (Å²) in [6.45, 7) is 7.44. The molecule has 3 aromatic rings. The molecule has 8 heteroatoms. The highest BCUT2D eigenvalue weighted by molar-refractivity contribution is 7.18. The second kappa shape index (κ2) is 11.0. The smallest absolute Gasteiger partial charge is 0.224 e. The van der Waals surface area contributed by atoms with Crippen LogP contribution in [0.3, 0.4) is 0 Å². The lowest BCUT2D eigenvalue weighted by atomic mass is 9.94. The van der Waals surface area contributed by atoms with Gasteiger partial charge in [0.05, 0.1) is 11.3 Å².